The highest BCUT2D eigenvalue weighted by Crippen LogP contribution is 2.59. The summed E-state index contributed by atoms with van der Waals surface area (Å²) >= 11 is 0. The first kappa shape index (κ1) is 21.1. The molecule has 4 saturated carbocycles. The quantitative estimate of drug-likeness (QED) is 0.726. The van der Waals surface area contributed by atoms with Crippen molar-refractivity contribution < 1.29 is 8.42 Å². The zero-order valence-corrected chi connectivity index (χ0v) is 19.5. The summed E-state index contributed by atoms with van der Waals surface area (Å²) in [6.45, 7) is 1.61. The van der Waals surface area contributed by atoms with E-state index in [9.17, 15) is 8.42 Å². The monoisotopic (exact) mass is 463 g/mol. The molecule has 7 rings (SSSR count). The fraction of sp³-hybridized carbons (Fsp3) is 0.560. The van der Waals surface area contributed by atoms with Crippen molar-refractivity contribution in [3.05, 3.63) is 47.4 Å². The minimum absolute atomic E-state index is 0.208. The molecule has 8 heteroatoms. The Morgan fingerprint density at radius 3 is 2.36 bits per heavy atom. The Kier molecular flexibility index (Phi) is 4.96. The summed E-state index contributed by atoms with van der Waals surface area (Å²) in [6.07, 6.45) is 10.5. The van der Waals surface area contributed by atoms with Crippen molar-refractivity contribution in [3.8, 4) is 6.07 Å². The van der Waals surface area contributed by atoms with Crippen LogP contribution in [0.3, 0.4) is 0 Å². The van der Waals surface area contributed by atoms with Gasteiger partial charge in [-0.2, -0.15) is 9.57 Å². The molecule has 0 unspecified atom stereocenters. The molecule has 4 fully saturated rings. The number of hydrogen-bond acceptors (Lipinski definition) is 6. The van der Waals surface area contributed by atoms with Crippen molar-refractivity contribution in [2.45, 2.75) is 56.4 Å². The highest BCUT2D eigenvalue weighted by molar-refractivity contribution is 7.89. The average Bonchev–Trinajstić information content (AvgIpc) is 2.81. The van der Waals surface area contributed by atoms with Crippen molar-refractivity contribution in [2.75, 3.05) is 18.4 Å². The summed E-state index contributed by atoms with van der Waals surface area (Å²) in [6, 6.07) is 8.11. The second kappa shape index (κ2) is 7.78. The molecule has 4 aliphatic carbocycles. The number of rotatable bonds is 5. The largest absolute Gasteiger partial charge is 0.369 e. The molecule has 2 heterocycles. The number of sulfonamides is 1. The summed E-state index contributed by atoms with van der Waals surface area (Å²) in [5, 5.41) is 12.7. The van der Waals surface area contributed by atoms with E-state index in [1.54, 1.807) is 18.5 Å². The SMILES string of the molecule is N#Cc1ccc(S(=O)(=O)N2CCc3c(ncnc3NCC34CC5CC(CC(C5)C3)C4)C2)cc1. The molecule has 4 bridgehead atoms. The molecule has 1 aliphatic heterocycles. The van der Waals surface area contributed by atoms with E-state index in [0.29, 0.717) is 23.9 Å². The van der Waals surface area contributed by atoms with Crippen LogP contribution in [0.1, 0.15) is 55.3 Å². The molecule has 5 aliphatic rings. The first-order valence-electron chi connectivity index (χ1n) is 12.0. The second-order valence-corrected chi connectivity index (χ2v) is 12.6. The van der Waals surface area contributed by atoms with Gasteiger partial charge in [-0.25, -0.2) is 18.4 Å². The third-order valence-electron chi connectivity index (χ3n) is 8.39. The zero-order valence-electron chi connectivity index (χ0n) is 18.7. The van der Waals surface area contributed by atoms with Gasteiger partial charge in [0.15, 0.2) is 0 Å². The Labute approximate surface area is 195 Å². The van der Waals surface area contributed by atoms with Gasteiger partial charge >= 0.3 is 0 Å². The minimum Gasteiger partial charge on any atom is -0.369 e. The average molecular weight is 464 g/mol. The normalized spacial score (nSPS) is 30.6. The molecule has 7 nitrogen and oxygen atoms in total. The molecule has 0 saturated heterocycles. The Morgan fingerprint density at radius 2 is 1.73 bits per heavy atom. The molecular formula is C25H29N5O2S. The van der Waals surface area contributed by atoms with Crippen LogP contribution in [0.15, 0.2) is 35.5 Å². The van der Waals surface area contributed by atoms with Gasteiger partial charge in [0.2, 0.25) is 10.0 Å². The minimum atomic E-state index is -3.64. The van der Waals surface area contributed by atoms with E-state index >= 15 is 0 Å². The first-order valence-corrected chi connectivity index (χ1v) is 13.5. The van der Waals surface area contributed by atoms with Gasteiger partial charge in [0, 0.05) is 18.7 Å². The molecule has 1 aromatic carbocycles. The maximum Gasteiger partial charge on any atom is 0.243 e. The molecule has 0 radical (unpaired) electrons. The predicted molar refractivity (Wildman–Crippen MR) is 124 cm³/mol. The number of nitriles is 1. The first-order chi connectivity index (χ1) is 15.9. The van der Waals surface area contributed by atoms with Gasteiger partial charge in [-0.15, -0.1) is 0 Å². The fourth-order valence-corrected chi connectivity index (χ4v) is 8.72. The Bertz CT molecular complexity index is 1180. The van der Waals surface area contributed by atoms with E-state index < -0.39 is 10.0 Å². The number of fused-ring (bicyclic) bond motifs is 1. The molecule has 1 aromatic heterocycles. The summed E-state index contributed by atoms with van der Waals surface area (Å²) in [4.78, 5) is 9.20. The van der Waals surface area contributed by atoms with E-state index in [1.165, 1.54) is 55.0 Å². The summed E-state index contributed by atoms with van der Waals surface area (Å²) in [5.74, 6) is 3.63. The Morgan fingerprint density at radius 1 is 1.06 bits per heavy atom. The van der Waals surface area contributed by atoms with Crippen LogP contribution in [0.5, 0.6) is 0 Å². The van der Waals surface area contributed by atoms with Gasteiger partial charge in [-0.1, -0.05) is 0 Å². The molecule has 172 valence electrons. The van der Waals surface area contributed by atoms with E-state index in [1.807, 2.05) is 6.07 Å². The molecule has 0 atom stereocenters. The van der Waals surface area contributed by atoms with Gasteiger partial charge in [0.1, 0.15) is 12.1 Å². The van der Waals surface area contributed by atoms with Gasteiger partial charge in [-0.3, -0.25) is 0 Å². The van der Waals surface area contributed by atoms with Crippen LogP contribution in [-0.4, -0.2) is 35.8 Å². The van der Waals surface area contributed by atoms with Crippen molar-refractivity contribution in [1.82, 2.24) is 14.3 Å². The Balaban J connectivity index is 1.19. The van der Waals surface area contributed by atoms with E-state index in [2.05, 4.69) is 15.3 Å². The molecule has 0 spiro atoms. The van der Waals surface area contributed by atoms with E-state index in [0.717, 1.165) is 41.4 Å². The van der Waals surface area contributed by atoms with Crippen LogP contribution in [0.2, 0.25) is 0 Å². The van der Waals surface area contributed by atoms with E-state index in [4.69, 9.17) is 5.26 Å². The summed E-state index contributed by atoms with van der Waals surface area (Å²) in [5.41, 5.74) is 2.68. The molecule has 2 aromatic rings. The zero-order chi connectivity index (χ0) is 22.6. The lowest BCUT2D eigenvalue weighted by atomic mass is 9.49. The smallest absolute Gasteiger partial charge is 0.243 e. The van der Waals surface area contributed by atoms with Crippen molar-refractivity contribution in [3.63, 3.8) is 0 Å². The van der Waals surface area contributed by atoms with Crippen LogP contribution in [0.4, 0.5) is 5.82 Å². The number of anilines is 1. The molecule has 1 N–H and O–H groups in total. The topological polar surface area (TPSA) is 99.0 Å². The number of nitrogens with one attached hydrogen (secondary N) is 1. The van der Waals surface area contributed by atoms with Gasteiger partial charge < -0.3 is 5.32 Å². The third kappa shape index (κ3) is 3.71. The second-order valence-electron chi connectivity index (χ2n) is 10.6. The number of nitrogens with zero attached hydrogens (tertiary/aromatic N) is 4. The molecule has 0 amide bonds. The standard InChI is InChI=1S/C25H29N5O2S/c26-13-17-1-3-21(4-2-17)33(31,32)30-6-5-22-23(14-30)28-16-29-24(22)27-15-25-10-18-7-19(11-25)9-20(8-18)12-25/h1-4,16,18-20H,5-12,14-15H2,(H,27,28,29). The van der Waals surface area contributed by atoms with Crippen LogP contribution in [0, 0.1) is 34.5 Å². The molecule has 33 heavy (non-hydrogen) atoms. The third-order valence-corrected chi connectivity index (χ3v) is 10.2. The van der Waals surface area contributed by atoms with Crippen LogP contribution in [0.25, 0.3) is 0 Å². The number of aromatic nitrogens is 2. The van der Waals surface area contributed by atoms with Crippen molar-refractivity contribution in [1.29, 1.82) is 5.26 Å². The molecular weight excluding hydrogens is 434 g/mol. The Hall–Kier alpha value is -2.50. The number of benzene rings is 1. The predicted octanol–water partition coefficient (Wildman–Crippen LogP) is 3.72. The fourth-order valence-electron chi connectivity index (χ4n) is 7.32. The lowest BCUT2D eigenvalue weighted by molar-refractivity contribution is -0.0444. The maximum absolute atomic E-state index is 13.2. The van der Waals surface area contributed by atoms with E-state index in [-0.39, 0.29) is 11.4 Å². The van der Waals surface area contributed by atoms with Gasteiger partial charge in [0.05, 0.1) is 28.8 Å². The van der Waals surface area contributed by atoms with Crippen LogP contribution in [-0.2, 0) is 23.0 Å². The lowest BCUT2D eigenvalue weighted by Gasteiger charge is -2.57. The number of hydrogen-bond donors (Lipinski definition) is 1. The highest BCUT2D eigenvalue weighted by atomic mass is 32.2. The summed E-state index contributed by atoms with van der Waals surface area (Å²) in [7, 11) is -3.64. The van der Waals surface area contributed by atoms with Gasteiger partial charge in [-0.05, 0) is 92.4 Å². The maximum atomic E-state index is 13.2. The van der Waals surface area contributed by atoms with Gasteiger partial charge in [0.25, 0.3) is 0 Å². The van der Waals surface area contributed by atoms with Crippen LogP contribution >= 0.6 is 0 Å². The highest BCUT2D eigenvalue weighted by Gasteiger charge is 2.50. The summed E-state index contributed by atoms with van der Waals surface area (Å²) < 4.78 is 27.8. The van der Waals surface area contributed by atoms with Crippen molar-refractivity contribution in [2.24, 2.45) is 23.2 Å². The lowest BCUT2D eigenvalue weighted by Crippen LogP contribution is -2.49. The van der Waals surface area contributed by atoms with Crippen molar-refractivity contribution >= 4 is 15.8 Å². The van der Waals surface area contributed by atoms with Crippen LogP contribution < -0.4 is 5.32 Å².